The standard InChI is InChI=1S/C30H29N3O6S/c1-4-37-25-16-20(14-15-24(25)39-19-27(34)31-22-11-7-6-8-12-22)17-26-28(35)33(3)30(40-26)32-23-13-9-10-21(18-23)29(36)38-5-2/h6-18H,4-5,19H2,1-3H3,(H,31,34). The van der Waals surface area contributed by atoms with Crippen LogP contribution in [0.4, 0.5) is 11.4 Å². The molecule has 0 unspecified atom stereocenters. The van der Waals surface area contributed by atoms with E-state index >= 15 is 0 Å². The van der Waals surface area contributed by atoms with Gasteiger partial charge in [-0.1, -0.05) is 30.3 Å². The number of hydrogen-bond acceptors (Lipinski definition) is 8. The summed E-state index contributed by atoms with van der Waals surface area (Å²) < 4.78 is 16.5. The van der Waals surface area contributed by atoms with Crippen LogP contribution >= 0.6 is 11.8 Å². The lowest BCUT2D eigenvalue weighted by molar-refractivity contribution is -0.121. The number of carbonyl (C=O) groups is 3. The largest absolute Gasteiger partial charge is 0.490 e. The number of aliphatic imine (C=N–C) groups is 1. The molecule has 40 heavy (non-hydrogen) atoms. The number of esters is 1. The molecule has 1 fully saturated rings. The number of amides is 2. The summed E-state index contributed by atoms with van der Waals surface area (Å²) in [6, 6.07) is 21.1. The fraction of sp³-hybridized carbons (Fsp3) is 0.200. The Morgan fingerprint density at radius 1 is 0.950 bits per heavy atom. The van der Waals surface area contributed by atoms with Gasteiger partial charge < -0.3 is 19.5 Å². The van der Waals surface area contributed by atoms with Crippen molar-refractivity contribution in [2.24, 2.45) is 4.99 Å². The molecule has 0 spiro atoms. The Balaban J connectivity index is 1.48. The second kappa shape index (κ2) is 13.5. The van der Waals surface area contributed by atoms with Gasteiger partial charge in [0, 0.05) is 12.7 Å². The maximum absolute atomic E-state index is 13.0. The molecule has 0 radical (unpaired) electrons. The maximum Gasteiger partial charge on any atom is 0.338 e. The summed E-state index contributed by atoms with van der Waals surface area (Å²) in [5.41, 5.74) is 2.32. The molecule has 10 heteroatoms. The zero-order valence-corrected chi connectivity index (χ0v) is 23.2. The van der Waals surface area contributed by atoms with Gasteiger partial charge in [0.25, 0.3) is 11.8 Å². The maximum atomic E-state index is 13.0. The van der Waals surface area contributed by atoms with Crippen LogP contribution in [0.1, 0.15) is 29.8 Å². The molecule has 1 aliphatic rings. The quantitative estimate of drug-likeness (QED) is 0.258. The molecule has 1 aliphatic heterocycles. The van der Waals surface area contributed by atoms with Crippen molar-refractivity contribution in [3.8, 4) is 11.5 Å². The Labute approximate surface area is 236 Å². The van der Waals surface area contributed by atoms with Crippen LogP contribution in [-0.4, -0.2) is 54.7 Å². The SMILES string of the molecule is CCOC(=O)c1cccc(N=C2SC(=Cc3ccc(OCC(=O)Nc4ccccc4)c(OCC)c3)C(=O)N2C)c1. The highest BCUT2D eigenvalue weighted by atomic mass is 32.2. The van der Waals surface area contributed by atoms with Crippen molar-refractivity contribution in [2.75, 3.05) is 32.2 Å². The molecule has 0 atom stereocenters. The molecular formula is C30H29N3O6S. The number of carbonyl (C=O) groups excluding carboxylic acids is 3. The van der Waals surface area contributed by atoms with Crippen LogP contribution < -0.4 is 14.8 Å². The molecule has 0 aliphatic carbocycles. The number of ether oxygens (including phenoxy) is 3. The number of amidine groups is 1. The Bertz CT molecular complexity index is 1450. The van der Waals surface area contributed by atoms with Crippen molar-refractivity contribution < 1.29 is 28.6 Å². The van der Waals surface area contributed by atoms with E-state index in [1.165, 1.54) is 16.7 Å². The predicted molar refractivity (Wildman–Crippen MR) is 156 cm³/mol. The smallest absolute Gasteiger partial charge is 0.338 e. The van der Waals surface area contributed by atoms with Gasteiger partial charge >= 0.3 is 5.97 Å². The number of para-hydroxylation sites is 1. The zero-order chi connectivity index (χ0) is 28.5. The Hall–Kier alpha value is -4.57. The van der Waals surface area contributed by atoms with E-state index in [2.05, 4.69) is 10.3 Å². The van der Waals surface area contributed by atoms with E-state index in [-0.39, 0.29) is 25.0 Å². The van der Waals surface area contributed by atoms with Gasteiger partial charge in [-0.25, -0.2) is 9.79 Å². The van der Waals surface area contributed by atoms with E-state index in [9.17, 15) is 14.4 Å². The van der Waals surface area contributed by atoms with E-state index < -0.39 is 5.97 Å². The summed E-state index contributed by atoms with van der Waals surface area (Å²) in [4.78, 5) is 43.8. The van der Waals surface area contributed by atoms with Crippen LogP contribution in [0.2, 0.25) is 0 Å². The van der Waals surface area contributed by atoms with Crippen molar-refractivity contribution in [2.45, 2.75) is 13.8 Å². The van der Waals surface area contributed by atoms with Crippen molar-refractivity contribution >= 4 is 52.2 Å². The molecule has 1 heterocycles. The average Bonchev–Trinajstić information content (AvgIpc) is 3.21. The summed E-state index contributed by atoms with van der Waals surface area (Å²) in [5, 5.41) is 3.25. The summed E-state index contributed by atoms with van der Waals surface area (Å²) in [6.45, 7) is 4.08. The number of anilines is 1. The van der Waals surface area contributed by atoms with Gasteiger partial charge in [-0.2, -0.15) is 0 Å². The van der Waals surface area contributed by atoms with Crippen LogP contribution in [0, 0.1) is 0 Å². The van der Waals surface area contributed by atoms with Crippen LogP contribution in [0.3, 0.4) is 0 Å². The number of hydrogen-bond donors (Lipinski definition) is 1. The minimum atomic E-state index is -0.428. The first-order chi connectivity index (χ1) is 19.4. The molecule has 3 aromatic rings. The van der Waals surface area contributed by atoms with Crippen LogP contribution in [0.15, 0.2) is 82.7 Å². The molecule has 0 saturated carbocycles. The third-order valence-electron chi connectivity index (χ3n) is 5.57. The molecule has 206 valence electrons. The van der Waals surface area contributed by atoms with E-state index in [0.717, 1.165) is 5.56 Å². The molecule has 2 amide bonds. The first-order valence-electron chi connectivity index (χ1n) is 12.7. The molecule has 0 aromatic heterocycles. The third-order valence-corrected chi connectivity index (χ3v) is 6.63. The molecule has 9 nitrogen and oxygen atoms in total. The van der Waals surface area contributed by atoms with Crippen molar-refractivity contribution in [1.29, 1.82) is 0 Å². The van der Waals surface area contributed by atoms with E-state index in [0.29, 0.717) is 45.1 Å². The molecule has 4 rings (SSSR count). The van der Waals surface area contributed by atoms with E-state index in [4.69, 9.17) is 14.2 Å². The normalized spacial score (nSPS) is 14.9. The number of likely N-dealkylation sites (N-methyl/N-ethyl adjacent to an activating group) is 1. The minimum absolute atomic E-state index is 0.189. The van der Waals surface area contributed by atoms with E-state index in [1.54, 1.807) is 74.6 Å². The fourth-order valence-electron chi connectivity index (χ4n) is 3.69. The molecule has 1 N–H and O–H groups in total. The van der Waals surface area contributed by atoms with Gasteiger partial charge in [0.05, 0.1) is 29.4 Å². The molecule has 0 bridgehead atoms. The number of nitrogens with one attached hydrogen (secondary N) is 1. The molecule has 1 saturated heterocycles. The Kier molecular flexibility index (Phi) is 9.58. The second-order valence-corrected chi connectivity index (χ2v) is 9.49. The minimum Gasteiger partial charge on any atom is -0.490 e. The van der Waals surface area contributed by atoms with Gasteiger partial charge in [-0.3, -0.25) is 14.5 Å². The highest BCUT2D eigenvalue weighted by Crippen LogP contribution is 2.35. The number of rotatable bonds is 10. The third kappa shape index (κ3) is 7.29. The Morgan fingerprint density at radius 3 is 2.50 bits per heavy atom. The van der Waals surface area contributed by atoms with Crippen molar-refractivity contribution in [1.82, 2.24) is 4.90 Å². The fourth-order valence-corrected chi connectivity index (χ4v) is 4.68. The summed E-state index contributed by atoms with van der Waals surface area (Å²) in [6.07, 6.45) is 1.75. The topological polar surface area (TPSA) is 107 Å². The molecular weight excluding hydrogens is 530 g/mol. The lowest BCUT2D eigenvalue weighted by Crippen LogP contribution is -2.23. The average molecular weight is 560 g/mol. The first-order valence-corrected chi connectivity index (χ1v) is 13.5. The highest BCUT2D eigenvalue weighted by molar-refractivity contribution is 8.18. The van der Waals surface area contributed by atoms with Gasteiger partial charge in [0.1, 0.15) is 0 Å². The lowest BCUT2D eigenvalue weighted by atomic mass is 10.2. The zero-order valence-electron chi connectivity index (χ0n) is 22.4. The van der Waals surface area contributed by atoms with Gasteiger partial charge in [0.15, 0.2) is 23.3 Å². The first kappa shape index (κ1) is 28.4. The number of nitrogens with zero attached hydrogens (tertiary/aromatic N) is 2. The van der Waals surface area contributed by atoms with Crippen LogP contribution in [-0.2, 0) is 14.3 Å². The molecule has 3 aromatic carbocycles. The van der Waals surface area contributed by atoms with Gasteiger partial charge in [0.2, 0.25) is 0 Å². The summed E-state index contributed by atoms with van der Waals surface area (Å²) in [5.74, 6) is -0.0594. The van der Waals surface area contributed by atoms with Crippen LogP contribution in [0.25, 0.3) is 6.08 Å². The lowest BCUT2D eigenvalue weighted by Gasteiger charge is -2.13. The number of benzene rings is 3. The Morgan fingerprint density at radius 2 is 1.75 bits per heavy atom. The summed E-state index contributed by atoms with van der Waals surface area (Å²) in [7, 11) is 1.65. The van der Waals surface area contributed by atoms with E-state index in [1.807, 2.05) is 25.1 Å². The van der Waals surface area contributed by atoms with Crippen molar-refractivity contribution in [3.05, 3.63) is 88.8 Å². The van der Waals surface area contributed by atoms with Crippen molar-refractivity contribution in [3.63, 3.8) is 0 Å². The predicted octanol–water partition coefficient (Wildman–Crippen LogP) is 5.51. The highest BCUT2D eigenvalue weighted by Gasteiger charge is 2.30. The summed E-state index contributed by atoms with van der Waals surface area (Å²) >= 11 is 1.23. The monoisotopic (exact) mass is 559 g/mol. The van der Waals surface area contributed by atoms with Gasteiger partial charge in [-0.15, -0.1) is 0 Å². The van der Waals surface area contributed by atoms with Gasteiger partial charge in [-0.05, 0) is 79.7 Å². The second-order valence-electron chi connectivity index (χ2n) is 8.48. The number of thioether (sulfide) groups is 1. The van der Waals surface area contributed by atoms with Crippen LogP contribution in [0.5, 0.6) is 11.5 Å².